The van der Waals surface area contributed by atoms with Gasteiger partial charge in [-0.1, -0.05) is 22.9 Å². The van der Waals surface area contributed by atoms with Crippen LogP contribution in [0.25, 0.3) is 5.69 Å². The average molecular weight is 324 g/mol. The second kappa shape index (κ2) is 5.13. The summed E-state index contributed by atoms with van der Waals surface area (Å²) in [6, 6.07) is 3.91. The lowest BCUT2D eigenvalue weighted by molar-refractivity contribution is 0.0683. The fourth-order valence-corrected chi connectivity index (χ4v) is 2.14. The molecule has 0 amide bonds. The van der Waals surface area contributed by atoms with E-state index in [-0.39, 0.29) is 5.82 Å². The van der Waals surface area contributed by atoms with Crippen molar-refractivity contribution in [3.8, 4) is 5.69 Å². The van der Waals surface area contributed by atoms with E-state index in [4.69, 9.17) is 5.11 Å². The molecule has 1 aromatic heterocycles. The smallest absolute Gasteiger partial charge is 0.375 e. The topological polar surface area (TPSA) is 68.0 Å². The van der Waals surface area contributed by atoms with E-state index in [2.05, 4.69) is 26.0 Å². The van der Waals surface area contributed by atoms with Gasteiger partial charge in [-0.05, 0) is 37.1 Å². The summed E-state index contributed by atoms with van der Waals surface area (Å²) in [5.74, 6) is -0.646. The minimum atomic E-state index is -1.11. The third-order valence-corrected chi connectivity index (χ3v) is 4.10. The Balaban J connectivity index is 2.61. The molecule has 0 fully saturated rings. The van der Waals surface area contributed by atoms with Crippen molar-refractivity contribution in [2.75, 3.05) is 0 Å². The van der Waals surface area contributed by atoms with Crippen LogP contribution in [0.4, 0.5) is 0 Å². The van der Waals surface area contributed by atoms with Crippen LogP contribution < -0.4 is 0 Å². The first-order valence-electron chi connectivity index (χ1n) is 5.90. The van der Waals surface area contributed by atoms with Crippen LogP contribution in [0, 0.1) is 13.8 Å². The SMILES string of the molecule is CCc1nc(C(=O)O)nn1-c1cc(C)c(Br)c(C)c1. The number of halogens is 1. The van der Waals surface area contributed by atoms with Gasteiger partial charge in [-0.25, -0.2) is 14.5 Å². The third kappa shape index (κ3) is 2.53. The molecule has 5 nitrogen and oxygen atoms in total. The molecule has 19 heavy (non-hydrogen) atoms. The molecule has 0 aliphatic heterocycles. The molecule has 0 bridgehead atoms. The molecule has 0 aliphatic rings. The minimum absolute atomic E-state index is 0.171. The van der Waals surface area contributed by atoms with Crippen molar-refractivity contribution in [2.24, 2.45) is 0 Å². The monoisotopic (exact) mass is 323 g/mol. The Kier molecular flexibility index (Phi) is 3.71. The Hall–Kier alpha value is -1.69. The van der Waals surface area contributed by atoms with E-state index in [9.17, 15) is 4.79 Å². The Bertz CT molecular complexity index is 626. The summed E-state index contributed by atoms with van der Waals surface area (Å²) in [6.45, 7) is 5.90. The van der Waals surface area contributed by atoms with Gasteiger partial charge in [0.05, 0.1) is 5.69 Å². The van der Waals surface area contributed by atoms with E-state index in [1.165, 1.54) is 0 Å². The first-order chi connectivity index (χ1) is 8.93. The maximum absolute atomic E-state index is 11.0. The summed E-state index contributed by atoms with van der Waals surface area (Å²) >= 11 is 3.51. The molecule has 0 saturated carbocycles. The molecular weight excluding hydrogens is 310 g/mol. The number of nitrogens with zero attached hydrogens (tertiary/aromatic N) is 3. The lowest BCUT2D eigenvalue weighted by Gasteiger charge is -2.09. The number of hydrogen-bond acceptors (Lipinski definition) is 3. The van der Waals surface area contributed by atoms with E-state index >= 15 is 0 Å². The van der Waals surface area contributed by atoms with E-state index in [0.29, 0.717) is 12.2 Å². The van der Waals surface area contributed by atoms with Crippen molar-refractivity contribution >= 4 is 21.9 Å². The lowest BCUT2D eigenvalue weighted by atomic mass is 10.1. The van der Waals surface area contributed by atoms with Gasteiger partial charge < -0.3 is 5.11 Å². The molecule has 2 rings (SSSR count). The summed E-state index contributed by atoms with van der Waals surface area (Å²) in [7, 11) is 0. The minimum Gasteiger partial charge on any atom is -0.475 e. The van der Waals surface area contributed by atoms with Crippen LogP contribution in [-0.4, -0.2) is 25.8 Å². The summed E-state index contributed by atoms with van der Waals surface area (Å²) < 4.78 is 2.64. The van der Waals surface area contributed by atoms with Crippen molar-refractivity contribution in [2.45, 2.75) is 27.2 Å². The van der Waals surface area contributed by atoms with Crippen molar-refractivity contribution in [1.29, 1.82) is 0 Å². The number of aromatic nitrogens is 3. The maximum Gasteiger partial charge on any atom is 0.375 e. The van der Waals surface area contributed by atoms with E-state index < -0.39 is 5.97 Å². The highest BCUT2D eigenvalue weighted by atomic mass is 79.9. The largest absolute Gasteiger partial charge is 0.475 e. The molecule has 0 aliphatic carbocycles. The third-order valence-electron chi connectivity index (χ3n) is 2.85. The summed E-state index contributed by atoms with van der Waals surface area (Å²) in [5.41, 5.74) is 2.98. The highest BCUT2D eigenvalue weighted by Gasteiger charge is 2.16. The van der Waals surface area contributed by atoms with Gasteiger partial charge in [0.15, 0.2) is 0 Å². The van der Waals surface area contributed by atoms with Gasteiger partial charge in [-0.15, -0.1) is 5.10 Å². The van der Waals surface area contributed by atoms with Crippen molar-refractivity contribution in [3.05, 3.63) is 39.4 Å². The highest BCUT2D eigenvalue weighted by molar-refractivity contribution is 9.10. The van der Waals surface area contributed by atoms with Crippen LogP contribution in [-0.2, 0) is 6.42 Å². The predicted molar refractivity (Wildman–Crippen MR) is 74.9 cm³/mol. The summed E-state index contributed by atoms with van der Waals surface area (Å²) in [4.78, 5) is 15.0. The molecule has 6 heteroatoms. The van der Waals surface area contributed by atoms with E-state index in [0.717, 1.165) is 21.3 Å². The Morgan fingerprint density at radius 2 is 1.95 bits per heavy atom. The van der Waals surface area contributed by atoms with Crippen LogP contribution in [0.5, 0.6) is 0 Å². The number of hydrogen-bond donors (Lipinski definition) is 1. The molecule has 1 heterocycles. The van der Waals surface area contributed by atoms with Gasteiger partial charge in [-0.3, -0.25) is 0 Å². The van der Waals surface area contributed by atoms with Crippen LogP contribution in [0.2, 0.25) is 0 Å². The molecule has 0 atom stereocenters. The standard InChI is InChI=1S/C13H14BrN3O2/c1-4-10-15-12(13(18)19)16-17(10)9-5-7(2)11(14)8(3)6-9/h5-6H,4H2,1-3H3,(H,18,19). The van der Waals surface area contributed by atoms with Gasteiger partial charge in [0.2, 0.25) is 0 Å². The number of aryl methyl sites for hydroxylation is 3. The molecule has 0 radical (unpaired) electrons. The normalized spacial score (nSPS) is 10.7. The zero-order valence-electron chi connectivity index (χ0n) is 10.9. The molecule has 100 valence electrons. The van der Waals surface area contributed by atoms with Gasteiger partial charge in [0.25, 0.3) is 5.82 Å². The molecule has 1 aromatic carbocycles. The summed E-state index contributed by atoms with van der Waals surface area (Å²) in [5, 5.41) is 13.0. The number of aromatic carboxylic acids is 1. The predicted octanol–water partition coefficient (Wildman–Crippen LogP) is 2.91. The van der Waals surface area contributed by atoms with Crippen LogP contribution in [0.3, 0.4) is 0 Å². The van der Waals surface area contributed by atoms with E-state index in [1.54, 1.807) is 4.68 Å². The zero-order chi connectivity index (χ0) is 14.2. The van der Waals surface area contributed by atoms with Gasteiger partial charge >= 0.3 is 5.97 Å². The molecule has 0 spiro atoms. The molecule has 2 aromatic rings. The molecule has 0 unspecified atom stereocenters. The van der Waals surface area contributed by atoms with Crippen LogP contribution in [0.1, 0.15) is 34.5 Å². The molecule has 1 N–H and O–H groups in total. The fraction of sp³-hybridized carbons (Fsp3) is 0.308. The fourth-order valence-electron chi connectivity index (χ4n) is 1.92. The zero-order valence-corrected chi connectivity index (χ0v) is 12.5. The number of benzene rings is 1. The van der Waals surface area contributed by atoms with Gasteiger partial charge in [0.1, 0.15) is 5.82 Å². The van der Waals surface area contributed by atoms with Crippen LogP contribution >= 0.6 is 15.9 Å². The first kappa shape index (κ1) is 13.7. The Morgan fingerprint density at radius 1 is 1.37 bits per heavy atom. The highest BCUT2D eigenvalue weighted by Crippen LogP contribution is 2.24. The van der Waals surface area contributed by atoms with Gasteiger partial charge in [0, 0.05) is 10.9 Å². The quantitative estimate of drug-likeness (QED) is 0.943. The number of carbonyl (C=O) groups is 1. The second-order valence-corrected chi connectivity index (χ2v) is 5.11. The van der Waals surface area contributed by atoms with Crippen LogP contribution in [0.15, 0.2) is 16.6 Å². The van der Waals surface area contributed by atoms with E-state index in [1.807, 2.05) is 32.9 Å². The van der Waals surface area contributed by atoms with Crippen molar-refractivity contribution < 1.29 is 9.90 Å². The number of carboxylic acids is 1. The van der Waals surface area contributed by atoms with Crippen molar-refractivity contribution in [1.82, 2.24) is 14.8 Å². The van der Waals surface area contributed by atoms with Crippen molar-refractivity contribution in [3.63, 3.8) is 0 Å². The first-order valence-corrected chi connectivity index (χ1v) is 6.69. The molecule has 0 saturated heterocycles. The Labute approximate surface area is 119 Å². The maximum atomic E-state index is 11.0. The summed E-state index contributed by atoms with van der Waals surface area (Å²) in [6.07, 6.45) is 0.619. The number of carboxylic acid groups (broad SMARTS) is 1. The number of rotatable bonds is 3. The average Bonchev–Trinajstić information content (AvgIpc) is 2.79. The molecular formula is C13H14BrN3O2. The second-order valence-electron chi connectivity index (χ2n) is 4.32. The Morgan fingerprint density at radius 3 is 2.42 bits per heavy atom. The lowest BCUT2D eigenvalue weighted by Crippen LogP contribution is -2.04. The van der Waals surface area contributed by atoms with Gasteiger partial charge in [-0.2, -0.15) is 0 Å².